The highest BCUT2D eigenvalue weighted by Crippen LogP contribution is 2.53. The Labute approximate surface area is 164 Å². The van der Waals surface area contributed by atoms with Crippen LogP contribution < -0.4 is 5.32 Å². The molecule has 1 saturated heterocycles. The van der Waals surface area contributed by atoms with Crippen LogP contribution in [0.25, 0.3) is 0 Å². The SMILES string of the molecule is CC1=Nc2ccccc2C12C(=O)NC(C(=O)OC(C)(C)C)C2c1ccccc1. The van der Waals surface area contributed by atoms with Gasteiger partial charge in [0.25, 0.3) is 0 Å². The van der Waals surface area contributed by atoms with Crippen molar-refractivity contribution < 1.29 is 14.3 Å². The number of carbonyl (C=O) groups excluding carboxylic acids is 2. The number of esters is 1. The van der Waals surface area contributed by atoms with E-state index in [4.69, 9.17) is 4.74 Å². The van der Waals surface area contributed by atoms with Crippen LogP contribution in [0, 0.1) is 0 Å². The van der Waals surface area contributed by atoms with Gasteiger partial charge >= 0.3 is 5.97 Å². The number of nitrogens with one attached hydrogen (secondary N) is 1. The van der Waals surface area contributed by atoms with E-state index in [2.05, 4.69) is 10.3 Å². The molecule has 2 heterocycles. The summed E-state index contributed by atoms with van der Waals surface area (Å²) in [6.07, 6.45) is 0. The van der Waals surface area contributed by atoms with E-state index in [9.17, 15) is 9.59 Å². The standard InChI is InChI=1S/C23H24N2O3/c1-14-23(16-12-8-9-13-17(16)24-14)18(15-10-6-5-7-11-15)19(25-21(23)27)20(26)28-22(2,3)4/h5-13,18-19H,1-4H3,(H,25,27). The van der Waals surface area contributed by atoms with E-state index in [1.165, 1.54) is 0 Å². The number of hydrogen-bond donors (Lipinski definition) is 1. The van der Waals surface area contributed by atoms with Crippen molar-refractivity contribution in [3.63, 3.8) is 0 Å². The van der Waals surface area contributed by atoms with Gasteiger partial charge in [0, 0.05) is 11.6 Å². The molecule has 5 heteroatoms. The molecule has 1 N–H and O–H groups in total. The summed E-state index contributed by atoms with van der Waals surface area (Å²) in [4.78, 5) is 31.2. The third-order valence-electron chi connectivity index (χ3n) is 5.45. The van der Waals surface area contributed by atoms with Crippen molar-refractivity contribution in [3.05, 3.63) is 65.7 Å². The zero-order chi connectivity index (χ0) is 20.1. The van der Waals surface area contributed by atoms with Crippen LogP contribution >= 0.6 is 0 Å². The van der Waals surface area contributed by atoms with E-state index in [1.807, 2.05) is 82.3 Å². The van der Waals surface area contributed by atoms with Crippen molar-refractivity contribution in [3.8, 4) is 0 Å². The number of para-hydroxylation sites is 1. The molecular formula is C23H24N2O3. The predicted octanol–water partition coefficient (Wildman–Crippen LogP) is 3.65. The summed E-state index contributed by atoms with van der Waals surface area (Å²) < 4.78 is 5.65. The summed E-state index contributed by atoms with van der Waals surface area (Å²) >= 11 is 0. The molecule has 3 atom stereocenters. The topological polar surface area (TPSA) is 67.8 Å². The van der Waals surface area contributed by atoms with E-state index < -0.39 is 28.9 Å². The van der Waals surface area contributed by atoms with Crippen LogP contribution in [0.15, 0.2) is 59.6 Å². The molecule has 0 bridgehead atoms. The summed E-state index contributed by atoms with van der Waals surface area (Å²) in [5, 5.41) is 2.93. The van der Waals surface area contributed by atoms with Crippen molar-refractivity contribution in [2.24, 2.45) is 4.99 Å². The van der Waals surface area contributed by atoms with Gasteiger partial charge < -0.3 is 10.1 Å². The first-order chi connectivity index (χ1) is 13.2. The number of carbonyl (C=O) groups is 2. The molecular weight excluding hydrogens is 352 g/mol. The van der Waals surface area contributed by atoms with Crippen molar-refractivity contribution in [1.82, 2.24) is 5.32 Å². The lowest BCUT2D eigenvalue weighted by Crippen LogP contribution is -2.44. The maximum atomic E-state index is 13.4. The van der Waals surface area contributed by atoms with Crippen molar-refractivity contribution >= 4 is 23.3 Å². The Hall–Kier alpha value is -2.95. The Morgan fingerprint density at radius 3 is 2.39 bits per heavy atom. The zero-order valence-electron chi connectivity index (χ0n) is 16.5. The number of hydrogen-bond acceptors (Lipinski definition) is 4. The molecule has 0 saturated carbocycles. The Bertz CT molecular complexity index is 975. The Morgan fingerprint density at radius 2 is 1.71 bits per heavy atom. The van der Waals surface area contributed by atoms with Crippen molar-refractivity contribution in [1.29, 1.82) is 0 Å². The molecule has 2 aromatic rings. The lowest BCUT2D eigenvalue weighted by atomic mass is 9.65. The van der Waals surface area contributed by atoms with E-state index in [0.717, 1.165) is 16.8 Å². The summed E-state index contributed by atoms with van der Waals surface area (Å²) in [5.74, 6) is -1.07. The van der Waals surface area contributed by atoms with E-state index >= 15 is 0 Å². The maximum Gasteiger partial charge on any atom is 0.329 e. The number of rotatable bonds is 2. The molecule has 3 unspecified atom stereocenters. The van der Waals surface area contributed by atoms with Crippen LogP contribution in [0.1, 0.15) is 44.7 Å². The Morgan fingerprint density at radius 1 is 1.07 bits per heavy atom. The predicted molar refractivity (Wildman–Crippen MR) is 108 cm³/mol. The normalized spacial score (nSPS) is 26.0. The van der Waals surface area contributed by atoms with Crippen LogP contribution in [0.3, 0.4) is 0 Å². The molecule has 1 amide bonds. The summed E-state index contributed by atoms with van der Waals surface area (Å²) in [6.45, 7) is 7.35. The van der Waals surface area contributed by atoms with Crippen LogP contribution in [-0.2, 0) is 19.7 Å². The molecule has 1 spiro atoms. The third-order valence-corrected chi connectivity index (χ3v) is 5.45. The molecule has 144 valence electrons. The smallest absolute Gasteiger partial charge is 0.329 e. The first kappa shape index (κ1) is 18.4. The van der Waals surface area contributed by atoms with Crippen LogP contribution in [0.2, 0.25) is 0 Å². The Kier molecular flexibility index (Phi) is 4.14. The largest absolute Gasteiger partial charge is 0.458 e. The molecule has 2 aliphatic heterocycles. The summed E-state index contributed by atoms with van der Waals surface area (Å²) in [6, 6.07) is 16.5. The lowest BCUT2D eigenvalue weighted by Gasteiger charge is -2.32. The number of ether oxygens (including phenoxy) is 1. The van der Waals surface area contributed by atoms with Crippen LogP contribution in [0.4, 0.5) is 5.69 Å². The minimum Gasteiger partial charge on any atom is -0.458 e. The zero-order valence-corrected chi connectivity index (χ0v) is 16.5. The van der Waals surface area contributed by atoms with Gasteiger partial charge in [0.15, 0.2) is 0 Å². The first-order valence-corrected chi connectivity index (χ1v) is 9.49. The fraction of sp³-hybridized carbons (Fsp3) is 0.348. The summed E-state index contributed by atoms with van der Waals surface area (Å²) in [7, 11) is 0. The second-order valence-corrected chi connectivity index (χ2v) is 8.40. The van der Waals surface area contributed by atoms with E-state index in [-0.39, 0.29) is 5.91 Å². The highest BCUT2D eigenvalue weighted by atomic mass is 16.6. The maximum absolute atomic E-state index is 13.4. The molecule has 5 nitrogen and oxygen atoms in total. The van der Waals surface area contributed by atoms with Gasteiger partial charge in [-0.3, -0.25) is 9.79 Å². The molecule has 2 aliphatic rings. The second kappa shape index (κ2) is 6.30. The number of aliphatic imine (C=N–C) groups is 1. The number of benzene rings is 2. The average Bonchev–Trinajstić information content (AvgIpc) is 3.11. The minimum absolute atomic E-state index is 0.205. The molecule has 0 radical (unpaired) electrons. The number of amides is 1. The number of fused-ring (bicyclic) bond motifs is 2. The monoisotopic (exact) mass is 376 g/mol. The highest BCUT2D eigenvalue weighted by Gasteiger charge is 2.63. The van der Waals surface area contributed by atoms with Gasteiger partial charge in [-0.25, -0.2) is 4.79 Å². The van der Waals surface area contributed by atoms with Gasteiger partial charge in [-0.2, -0.15) is 0 Å². The van der Waals surface area contributed by atoms with Gasteiger partial charge in [0.2, 0.25) is 5.91 Å². The third kappa shape index (κ3) is 2.65. The van der Waals surface area contributed by atoms with Gasteiger partial charge in [-0.05, 0) is 44.9 Å². The first-order valence-electron chi connectivity index (χ1n) is 9.49. The Balaban J connectivity index is 1.91. The molecule has 2 aromatic carbocycles. The van der Waals surface area contributed by atoms with E-state index in [1.54, 1.807) is 0 Å². The minimum atomic E-state index is -1.01. The second-order valence-electron chi connectivity index (χ2n) is 8.40. The molecule has 28 heavy (non-hydrogen) atoms. The van der Waals surface area contributed by atoms with Crippen LogP contribution in [0.5, 0.6) is 0 Å². The summed E-state index contributed by atoms with van der Waals surface area (Å²) in [5.41, 5.74) is 1.56. The highest BCUT2D eigenvalue weighted by molar-refractivity contribution is 6.21. The van der Waals surface area contributed by atoms with Gasteiger partial charge in [0.05, 0.1) is 5.69 Å². The van der Waals surface area contributed by atoms with Crippen LogP contribution in [-0.4, -0.2) is 29.2 Å². The molecule has 1 fully saturated rings. The fourth-order valence-electron chi connectivity index (χ4n) is 4.44. The fourth-order valence-corrected chi connectivity index (χ4v) is 4.44. The van der Waals surface area contributed by atoms with Gasteiger partial charge in [-0.1, -0.05) is 48.5 Å². The van der Waals surface area contributed by atoms with Crippen molar-refractivity contribution in [2.75, 3.05) is 0 Å². The van der Waals surface area contributed by atoms with E-state index in [0.29, 0.717) is 5.71 Å². The van der Waals surface area contributed by atoms with Gasteiger partial charge in [-0.15, -0.1) is 0 Å². The molecule has 0 aliphatic carbocycles. The lowest BCUT2D eigenvalue weighted by molar-refractivity contribution is -0.157. The quantitative estimate of drug-likeness (QED) is 0.814. The van der Waals surface area contributed by atoms with Gasteiger partial charge in [0.1, 0.15) is 17.1 Å². The average molecular weight is 376 g/mol. The number of nitrogens with zero attached hydrogens (tertiary/aromatic N) is 1. The molecule has 0 aromatic heterocycles. The molecule has 4 rings (SSSR count). The van der Waals surface area contributed by atoms with Crippen molar-refractivity contribution in [2.45, 2.75) is 50.7 Å².